The molecular weight excluding hydrogens is 274 g/mol. The van der Waals surface area contributed by atoms with Gasteiger partial charge in [-0.15, -0.1) is 11.3 Å². The minimum Gasteiger partial charge on any atom is -0.217 e. The summed E-state index contributed by atoms with van der Waals surface area (Å²) in [5.74, 6) is 0. The van der Waals surface area contributed by atoms with Crippen LogP contribution >= 0.6 is 22.7 Å². The Bertz CT molecular complexity index is 782. The lowest BCUT2D eigenvalue weighted by atomic mass is 10.2. The second kappa shape index (κ2) is 4.29. The standard InChI is InChI=1S/C14H9N3S2/c1-2-5-10(6-3-1)13-16-17-9-11(15-14(17)19-13)12-7-4-8-18-12/h1-9H. The van der Waals surface area contributed by atoms with Crippen LogP contribution in [0.2, 0.25) is 0 Å². The van der Waals surface area contributed by atoms with Gasteiger partial charge in [-0.3, -0.25) is 0 Å². The maximum absolute atomic E-state index is 4.63. The van der Waals surface area contributed by atoms with E-state index in [0.29, 0.717) is 0 Å². The first-order valence-electron chi connectivity index (χ1n) is 5.86. The molecule has 4 rings (SSSR count). The van der Waals surface area contributed by atoms with Crippen molar-refractivity contribution in [3.8, 4) is 21.1 Å². The van der Waals surface area contributed by atoms with Gasteiger partial charge in [0.15, 0.2) is 0 Å². The highest BCUT2D eigenvalue weighted by atomic mass is 32.1. The van der Waals surface area contributed by atoms with Gasteiger partial charge in [-0.2, -0.15) is 5.10 Å². The predicted octanol–water partition coefficient (Wildman–Crippen LogP) is 4.19. The Morgan fingerprint density at radius 2 is 1.89 bits per heavy atom. The molecule has 92 valence electrons. The van der Waals surface area contributed by atoms with Gasteiger partial charge in [0.1, 0.15) is 10.7 Å². The summed E-state index contributed by atoms with van der Waals surface area (Å²) in [7, 11) is 0. The van der Waals surface area contributed by atoms with Gasteiger partial charge in [-0.1, -0.05) is 47.7 Å². The number of hydrogen-bond donors (Lipinski definition) is 0. The van der Waals surface area contributed by atoms with Crippen molar-refractivity contribution in [2.24, 2.45) is 0 Å². The summed E-state index contributed by atoms with van der Waals surface area (Å²) in [5.41, 5.74) is 2.13. The Morgan fingerprint density at radius 3 is 2.63 bits per heavy atom. The van der Waals surface area contributed by atoms with Gasteiger partial charge in [0.05, 0.1) is 11.1 Å². The molecule has 0 amide bonds. The highest BCUT2D eigenvalue weighted by Gasteiger charge is 2.11. The highest BCUT2D eigenvalue weighted by Crippen LogP contribution is 2.29. The van der Waals surface area contributed by atoms with E-state index in [2.05, 4.69) is 33.7 Å². The maximum Gasteiger partial charge on any atom is 0.213 e. The molecular formula is C14H9N3S2. The van der Waals surface area contributed by atoms with E-state index in [1.54, 1.807) is 22.7 Å². The van der Waals surface area contributed by atoms with Crippen molar-refractivity contribution in [3.63, 3.8) is 0 Å². The highest BCUT2D eigenvalue weighted by molar-refractivity contribution is 7.20. The first-order valence-corrected chi connectivity index (χ1v) is 7.55. The number of imidazole rings is 1. The van der Waals surface area contributed by atoms with E-state index in [4.69, 9.17) is 0 Å². The van der Waals surface area contributed by atoms with Crippen molar-refractivity contribution >= 4 is 27.6 Å². The van der Waals surface area contributed by atoms with Crippen molar-refractivity contribution in [1.29, 1.82) is 0 Å². The molecule has 4 aromatic rings. The van der Waals surface area contributed by atoms with E-state index >= 15 is 0 Å². The number of aromatic nitrogens is 3. The number of fused-ring (bicyclic) bond motifs is 1. The number of hydrogen-bond acceptors (Lipinski definition) is 4. The smallest absolute Gasteiger partial charge is 0.213 e. The zero-order valence-corrected chi connectivity index (χ0v) is 11.5. The largest absolute Gasteiger partial charge is 0.217 e. The summed E-state index contributed by atoms with van der Waals surface area (Å²) in [6, 6.07) is 14.3. The monoisotopic (exact) mass is 283 g/mol. The van der Waals surface area contributed by atoms with Gasteiger partial charge < -0.3 is 0 Å². The zero-order chi connectivity index (χ0) is 12.7. The van der Waals surface area contributed by atoms with Crippen LogP contribution in [0.25, 0.3) is 26.1 Å². The lowest BCUT2D eigenvalue weighted by Gasteiger charge is -1.92. The summed E-state index contributed by atoms with van der Waals surface area (Å²) in [6.45, 7) is 0. The van der Waals surface area contributed by atoms with Gasteiger partial charge >= 0.3 is 0 Å². The van der Waals surface area contributed by atoms with Crippen LogP contribution in [0.15, 0.2) is 54.0 Å². The minimum atomic E-state index is 0.933. The Labute approximate surface area is 117 Å². The van der Waals surface area contributed by atoms with Crippen molar-refractivity contribution in [1.82, 2.24) is 14.6 Å². The maximum atomic E-state index is 4.63. The molecule has 0 spiro atoms. The first kappa shape index (κ1) is 10.9. The van der Waals surface area contributed by atoms with E-state index in [-0.39, 0.29) is 0 Å². The Hall–Kier alpha value is -1.98. The summed E-state index contributed by atoms with van der Waals surface area (Å²) >= 11 is 3.31. The quantitative estimate of drug-likeness (QED) is 0.552. The van der Waals surface area contributed by atoms with E-state index < -0.39 is 0 Å². The lowest BCUT2D eigenvalue weighted by Crippen LogP contribution is -1.81. The number of nitrogens with zero attached hydrogens (tertiary/aromatic N) is 3. The van der Waals surface area contributed by atoms with Crippen LogP contribution in [0.1, 0.15) is 0 Å². The van der Waals surface area contributed by atoms with Gasteiger partial charge in [0.2, 0.25) is 4.96 Å². The van der Waals surface area contributed by atoms with Crippen LogP contribution in [0.4, 0.5) is 0 Å². The Morgan fingerprint density at radius 1 is 1.00 bits per heavy atom. The Kier molecular flexibility index (Phi) is 2.46. The molecule has 3 nitrogen and oxygen atoms in total. The lowest BCUT2D eigenvalue weighted by molar-refractivity contribution is 0.979. The molecule has 1 aromatic carbocycles. The zero-order valence-electron chi connectivity index (χ0n) is 9.85. The number of benzene rings is 1. The molecule has 0 fully saturated rings. The van der Waals surface area contributed by atoms with Crippen LogP contribution in [-0.4, -0.2) is 14.6 Å². The van der Waals surface area contributed by atoms with Crippen molar-refractivity contribution in [2.75, 3.05) is 0 Å². The van der Waals surface area contributed by atoms with Crippen LogP contribution in [0.3, 0.4) is 0 Å². The van der Waals surface area contributed by atoms with Crippen LogP contribution < -0.4 is 0 Å². The van der Waals surface area contributed by atoms with Crippen LogP contribution in [-0.2, 0) is 0 Å². The second-order valence-electron chi connectivity index (χ2n) is 4.10. The predicted molar refractivity (Wildman–Crippen MR) is 79.6 cm³/mol. The van der Waals surface area contributed by atoms with Gasteiger partial charge in [-0.05, 0) is 11.4 Å². The number of rotatable bonds is 2. The van der Waals surface area contributed by atoms with Crippen molar-refractivity contribution in [2.45, 2.75) is 0 Å². The molecule has 3 aromatic heterocycles. The molecule has 19 heavy (non-hydrogen) atoms. The van der Waals surface area contributed by atoms with Gasteiger partial charge in [-0.25, -0.2) is 9.50 Å². The van der Waals surface area contributed by atoms with Crippen molar-refractivity contribution < 1.29 is 0 Å². The third-order valence-corrected chi connectivity index (χ3v) is 4.70. The fourth-order valence-electron chi connectivity index (χ4n) is 1.94. The van der Waals surface area contributed by atoms with E-state index in [1.807, 2.05) is 35.0 Å². The molecule has 0 atom stereocenters. The second-order valence-corrected chi connectivity index (χ2v) is 6.01. The average Bonchev–Trinajstić information content (AvgIpc) is 3.14. The summed E-state index contributed by atoms with van der Waals surface area (Å²) in [6.07, 6.45) is 1.99. The summed E-state index contributed by atoms with van der Waals surface area (Å²) in [5, 5.41) is 7.65. The van der Waals surface area contributed by atoms with Gasteiger partial charge in [0.25, 0.3) is 0 Å². The Balaban J connectivity index is 1.80. The fraction of sp³-hybridized carbons (Fsp3) is 0. The van der Waals surface area contributed by atoms with Crippen LogP contribution in [0, 0.1) is 0 Å². The van der Waals surface area contributed by atoms with Crippen molar-refractivity contribution in [3.05, 3.63) is 54.0 Å². The van der Waals surface area contributed by atoms with Crippen LogP contribution in [0.5, 0.6) is 0 Å². The topological polar surface area (TPSA) is 30.2 Å². The molecule has 0 unspecified atom stereocenters. The minimum absolute atomic E-state index is 0.933. The molecule has 0 aliphatic heterocycles. The molecule has 0 aliphatic carbocycles. The molecule has 0 radical (unpaired) electrons. The molecule has 0 bridgehead atoms. The summed E-state index contributed by atoms with van der Waals surface area (Å²) < 4.78 is 1.86. The normalized spacial score (nSPS) is 11.2. The average molecular weight is 283 g/mol. The third kappa shape index (κ3) is 1.87. The fourth-order valence-corrected chi connectivity index (χ4v) is 3.51. The van der Waals surface area contributed by atoms with Gasteiger partial charge in [0, 0.05) is 5.56 Å². The molecule has 0 aliphatic rings. The molecule has 0 N–H and O–H groups in total. The van der Waals surface area contributed by atoms with E-state index in [1.165, 1.54) is 4.88 Å². The number of thiophene rings is 1. The third-order valence-electron chi connectivity index (χ3n) is 2.84. The van der Waals surface area contributed by atoms with E-state index in [0.717, 1.165) is 21.2 Å². The first-order chi connectivity index (χ1) is 9.40. The molecule has 3 heterocycles. The molecule has 0 saturated carbocycles. The van der Waals surface area contributed by atoms with E-state index in [9.17, 15) is 0 Å². The summed E-state index contributed by atoms with van der Waals surface area (Å²) in [4.78, 5) is 6.74. The molecule has 5 heteroatoms. The molecule has 0 saturated heterocycles. The SMILES string of the molecule is c1ccc(-c2nn3cc(-c4cccs4)nc3s2)cc1.